The minimum atomic E-state index is 0.167. The second kappa shape index (κ2) is 10.1. The molecule has 6 nitrogen and oxygen atoms in total. The van der Waals surface area contributed by atoms with Gasteiger partial charge in [-0.05, 0) is 37.6 Å². The first-order valence-corrected chi connectivity index (χ1v) is 10.2. The molecule has 2 aromatic rings. The number of ether oxygens (including phenoxy) is 1. The Hall–Kier alpha value is -1.63. The van der Waals surface area contributed by atoms with Crippen LogP contribution in [-0.4, -0.2) is 59.3 Å². The highest BCUT2D eigenvalue weighted by Gasteiger charge is 2.25. The molecule has 0 aliphatic carbocycles. The topological polar surface area (TPSA) is 54.6 Å². The molecular formula is C20H29ClN4O2. The van der Waals surface area contributed by atoms with Crippen molar-refractivity contribution >= 4 is 11.6 Å². The van der Waals surface area contributed by atoms with Gasteiger partial charge < -0.3 is 9.26 Å². The third-order valence-electron chi connectivity index (χ3n) is 5.04. The first kappa shape index (κ1) is 20.1. The molecule has 0 radical (unpaired) electrons. The highest BCUT2D eigenvalue weighted by molar-refractivity contribution is 6.30. The number of rotatable bonds is 9. The number of hydrogen-bond acceptors (Lipinski definition) is 6. The molecule has 0 N–H and O–H groups in total. The zero-order valence-corrected chi connectivity index (χ0v) is 17.0. The van der Waals surface area contributed by atoms with E-state index in [-0.39, 0.29) is 6.04 Å². The van der Waals surface area contributed by atoms with Crippen molar-refractivity contribution in [3.8, 4) is 5.75 Å². The number of unbranched alkanes of at least 4 members (excludes halogenated alkanes) is 1. The maximum absolute atomic E-state index is 5.89. The summed E-state index contributed by atoms with van der Waals surface area (Å²) in [4.78, 5) is 9.41. The second-order valence-corrected chi connectivity index (χ2v) is 7.44. The minimum Gasteiger partial charge on any atom is -0.492 e. The number of benzene rings is 1. The zero-order valence-electron chi connectivity index (χ0n) is 16.2. The molecular weight excluding hydrogens is 364 g/mol. The molecule has 0 amide bonds. The van der Waals surface area contributed by atoms with E-state index >= 15 is 0 Å². The summed E-state index contributed by atoms with van der Waals surface area (Å²) in [6, 6.07) is 7.67. The third kappa shape index (κ3) is 5.92. The van der Waals surface area contributed by atoms with E-state index in [0.717, 1.165) is 74.5 Å². The van der Waals surface area contributed by atoms with Crippen LogP contribution in [-0.2, 0) is 6.42 Å². The number of halogens is 1. The Bertz CT molecular complexity index is 684. The van der Waals surface area contributed by atoms with Crippen LogP contribution < -0.4 is 4.74 Å². The molecule has 0 saturated carbocycles. The largest absolute Gasteiger partial charge is 0.492 e. The van der Waals surface area contributed by atoms with Crippen LogP contribution in [0.4, 0.5) is 0 Å². The summed E-state index contributed by atoms with van der Waals surface area (Å²) in [5.41, 5.74) is 0. The highest BCUT2D eigenvalue weighted by Crippen LogP contribution is 2.21. The van der Waals surface area contributed by atoms with Crippen LogP contribution in [0.5, 0.6) is 5.75 Å². The SMILES string of the molecule is CCCCc1noc(C(C)N2CCN(CCOc3ccc(Cl)cc3)CC2)n1. The molecule has 2 heterocycles. The Morgan fingerprint density at radius 1 is 1.19 bits per heavy atom. The quantitative estimate of drug-likeness (QED) is 0.646. The van der Waals surface area contributed by atoms with Crippen molar-refractivity contribution in [1.29, 1.82) is 0 Å². The summed E-state index contributed by atoms with van der Waals surface area (Å²) in [5.74, 6) is 2.43. The third-order valence-corrected chi connectivity index (χ3v) is 5.29. The fourth-order valence-corrected chi connectivity index (χ4v) is 3.35. The number of aryl methyl sites for hydroxylation is 1. The smallest absolute Gasteiger partial charge is 0.243 e. The fourth-order valence-electron chi connectivity index (χ4n) is 3.23. The molecule has 1 aromatic heterocycles. The molecule has 1 unspecified atom stereocenters. The molecule has 7 heteroatoms. The van der Waals surface area contributed by atoms with E-state index in [1.165, 1.54) is 0 Å². The van der Waals surface area contributed by atoms with Crippen LogP contribution in [0.15, 0.2) is 28.8 Å². The fraction of sp³-hybridized carbons (Fsp3) is 0.600. The summed E-state index contributed by atoms with van der Waals surface area (Å²) in [7, 11) is 0. The van der Waals surface area contributed by atoms with Gasteiger partial charge in [0.05, 0.1) is 6.04 Å². The predicted octanol–water partition coefficient (Wildman–Crippen LogP) is 3.82. The lowest BCUT2D eigenvalue weighted by Crippen LogP contribution is -2.48. The summed E-state index contributed by atoms with van der Waals surface area (Å²) in [6.07, 6.45) is 3.14. The number of piperazine rings is 1. The van der Waals surface area contributed by atoms with Crippen molar-refractivity contribution in [3.63, 3.8) is 0 Å². The van der Waals surface area contributed by atoms with E-state index in [2.05, 4.69) is 33.8 Å². The zero-order chi connectivity index (χ0) is 19.1. The number of aromatic nitrogens is 2. The van der Waals surface area contributed by atoms with Gasteiger partial charge in [0.25, 0.3) is 0 Å². The second-order valence-electron chi connectivity index (χ2n) is 7.01. The molecule has 0 spiro atoms. The van der Waals surface area contributed by atoms with E-state index in [4.69, 9.17) is 20.9 Å². The van der Waals surface area contributed by atoms with Crippen molar-refractivity contribution in [2.24, 2.45) is 0 Å². The van der Waals surface area contributed by atoms with Crippen LogP contribution in [0.25, 0.3) is 0 Å². The van der Waals surface area contributed by atoms with Crippen molar-refractivity contribution in [2.75, 3.05) is 39.3 Å². The lowest BCUT2D eigenvalue weighted by molar-refractivity contribution is 0.0800. The maximum Gasteiger partial charge on any atom is 0.243 e. The molecule has 1 aliphatic rings. The molecule has 3 rings (SSSR count). The first-order valence-electron chi connectivity index (χ1n) is 9.83. The summed E-state index contributed by atoms with van der Waals surface area (Å²) in [6.45, 7) is 9.95. The lowest BCUT2D eigenvalue weighted by atomic mass is 10.2. The van der Waals surface area contributed by atoms with Gasteiger partial charge in [-0.15, -0.1) is 0 Å². The Morgan fingerprint density at radius 3 is 2.63 bits per heavy atom. The molecule has 1 aromatic carbocycles. The molecule has 1 atom stereocenters. The minimum absolute atomic E-state index is 0.167. The van der Waals surface area contributed by atoms with Gasteiger partial charge in [0.1, 0.15) is 12.4 Å². The average molecular weight is 393 g/mol. The summed E-state index contributed by atoms with van der Waals surface area (Å²) in [5, 5.41) is 4.84. The predicted molar refractivity (Wildman–Crippen MR) is 106 cm³/mol. The van der Waals surface area contributed by atoms with E-state index in [9.17, 15) is 0 Å². The summed E-state index contributed by atoms with van der Waals surface area (Å²) < 4.78 is 11.3. The van der Waals surface area contributed by atoms with Crippen LogP contribution in [0.3, 0.4) is 0 Å². The van der Waals surface area contributed by atoms with Gasteiger partial charge >= 0.3 is 0 Å². The number of hydrogen-bond donors (Lipinski definition) is 0. The normalized spacial score (nSPS) is 17.1. The molecule has 148 valence electrons. The van der Waals surface area contributed by atoms with Crippen LogP contribution in [0.2, 0.25) is 5.02 Å². The number of nitrogens with zero attached hydrogens (tertiary/aromatic N) is 4. The molecule has 0 bridgehead atoms. The Balaban J connectivity index is 1.39. The summed E-state index contributed by atoms with van der Waals surface area (Å²) >= 11 is 5.89. The van der Waals surface area contributed by atoms with Gasteiger partial charge in [0.2, 0.25) is 5.89 Å². The average Bonchev–Trinajstić information content (AvgIpc) is 3.17. The van der Waals surface area contributed by atoms with Crippen molar-refractivity contribution < 1.29 is 9.26 Å². The Morgan fingerprint density at radius 2 is 1.93 bits per heavy atom. The molecule has 1 aliphatic heterocycles. The van der Waals surface area contributed by atoms with Crippen molar-refractivity contribution in [3.05, 3.63) is 41.0 Å². The molecule has 1 saturated heterocycles. The first-order chi connectivity index (χ1) is 13.2. The van der Waals surface area contributed by atoms with Crippen molar-refractivity contribution in [2.45, 2.75) is 39.2 Å². The van der Waals surface area contributed by atoms with Gasteiger partial charge in [-0.3, -0.25) is 9.80 Å². The maximum atomic E-state index is 5.89. The van der Waals surface area contributed by atoms with E-state index in [1.807, 2.05) is 24.3 Å². The van der Waals surface area contributed by atoms with E-state index in [0.29, 0.717) is 6.61 Å². The van der Waals surface area contributed by atoms with E-state index in [1.54, 1.807) is 0 Å². The molecule has 27 heavy (non-hydrogen) atoms. The van der Waals surface area contributed by atoms with Gasteiger partial charge in [0, 0.05) is 44.2 Å². The van der Waals surface area contributed by atoms with Crippen LogP contribution >= 0.6 is 11.6 Å². The van der Waals surface area contributed by atoms with Crippen LogP contribution in [0.1, 0.15) is 44.4 Å². The van der Waals surface area contributed by atoms with Crippen LogP contribution in [0, 0.1) is 0 Å². The Labute approximate surface area is 166 Å². The highest BCUT2D eigenvalue weighted by atomic mass is 35.5. The standard InChI is InChI=1S/C20H29ClN4O2/c1-3-4-5-19-22-20(27-23-19)16(2)25-12-10-24(11-13-25)14-15-26-18-8-6-17(21)7-9-18/h6-9,16H,3-5,10-15H2,1-2H3. The van der Waals surface area contributed by atoms with Crippen molar-refractivity contribution in [1.82, 2.24) is 19.9 Å². The van der Waals surface area contributed by atoms with Gasteiger partial charge in [-0.2, -0.15) is 4.98 Å². The van der Waals surface area contributed by atoms with Gasteiger partial charge in [-0.25, -0.2) is 0 Å². The lowest BCUT2D eigenvalue weighted by Gasteiger charge is -2.36. The monoisotopic (exact) mass is 392 g/mol. The van der Waals surface area contributed by atoms with Gasteiger partial charge in [-0.1, -0.05) is 30.1 Å². The van der Waals surface area contributed by atoms with E-state index < -0.39 is 0 Å². The Kier molecular flexibility index (Phi) is 7.50. The van der Waals surface area contributed by atoms with Gasteiger partial charge in [0.15, 0.2) is 5.82 Å². The molecule has 1 fully saturated rings.